The lowest BCUT2D eigenvalue weighted by Gasteiger charge is -2.26. The van der Waals surface area contributed by atoms with Crippen molar-refractivity contribution in [2.75, 3.05) is 7.11 Å². The molecule has 1 aliphatic carbocycles. The van der Waals surface area contributed by atoms with Gasteiger partial charge in [0.15, 0.2) is 0 Å². The summed E-state index contributed by atoms with van der Waals surface area (Å²) in [6.45, 7) is -0.0341. The summed E-state index contributed by atoms with van der Waals surface area (Å²) in [6, 6.07) is 17.1. The Hall–Kier alpha value is -3.35. The molecule has 0 aliphatic heterocycles. The maximum absolute atomic E-state index is 13.1. The van der Waals surface area contributed by atoms with Crippen LogP contribution in [-0.4, -0.2) is 33.4 Å². The number of hydrogen-bond acceptors (Lipinski definition) is 4. The van der Waals surface area contributed by atoms with Crippen molar-refractivity contribution in [1.29, 1.82) is 0 Å². The van der Waals surface area contributed by atoms with Crippen LogP contribution in [0.4, 0.5) is 0 Å². The van der Waals surface area contributed by atoms with Crippen molar-refractivity contribution < 1.29 is 9.53 Å². The molecule has 1 aromatic heterocycles. The van der Waals surface area contributed by atoms with E-state index in [1.807, 2.05) is 30.3 Å². The number of nitrogens with one attached hydrogen (secondary N) is 1. The first-order valence-electron chi connectivity index (χ1n) is 9.80. The summed E-state index contributed by atoms with van der Waals surface area (Å²) >= 11 is 0. The second-order valence-corrected chi connectivity index (χ2v) is 7.25. The van der Waals surface area contributed by atoms with Crippen LogP contribution in [0.25, 0.3) is 5.69 Å². The number of nitrogens with zero attached hydrogens (tertiary/aromatic N) is 3. The number of hydrogen-bond donors (Lipinski definition) is 1. The molecule has 3 aromatic rings. The minimum atomic E-state index is -0.329. The van der Waals surface area contributed by atoms with Gasteiger partial charge in [0.05, 0.1) is 12.8 Å². The zero-order valence-corrected chi connectivity index (χ0v) is 16.4. The van der Waals surface area contributed by atoms with Crippen LogP contribution in [0.1, 0.15) is 30.7 Å². The minimum Gasteiger partial charge on any atom is -0.497 e. The molecule has 7 heteroatoms. The average molecular weight is 392 g/mol. The third-order valence-electron chi connectivity index (χ3n) is 5.23. The Balaban J connectivity index is 1.66. The van der Waals surface area contributed by atoms with Gasteiger partial charge in [-0.15, -0.1) is 5.10 Å². The summed E-state index contributed by atoms with van der Waals surface area (Å²) in [4.78, 5) is 25.6. The fourth-order valence-corrected chi connectivity index (χ4v) is 3.37. The number of rotatable bonds is 7. The molecule has 0 bridgehead atoms. The fourth-order valence-electron chi connectivity index (χ4n) is 3.37. The van der Waals surface area contributed by atoms with Crippen LogP contribution in [0.2, 0.25) is 0 Å². The van der Waals surface area contributed by atoms with Gasteiger partial charge in [-0.1, -0.05) is 30.3 Å². The van der Waals surface area contributed by atoms with Gasteiger partial charge in [-0.3, -0.25) is 9.36 Å². The van der Waals surface area contributed by atoms with E-state index < -0.39 is 0 Å². The SMILES string of the molecule is COc1ccc(-n2nc(Cc3ccccc3)n(CC(=O)NC3CCC3)c2=O)cc1. The summed E-state index contributed by atoms with van der Waals surface area (Å²) in [5, 5.41) is 7.54. The summed E-state index contributed by atoms with van der Waals surface area (Å²) in [7, 11) is 1.59. The van der Waals surface area contributed by atoms with Gasteiger partial charge in [-0.05, 0) is 49.1 Å². The molecular weight excluding hydrogens is 368 g/mol. The Morgan fingerprint density at radius 1 is 1.14 bits per heavy atom. The van der Waals surface area contributed by atoms with Crippen LogP contribution in [0.3, 0.4) is 0 Å². The van der Waals surface area contributed by atoms with Gasteiger partial charge in [0.2, 0.25) is 5.91 Å². The first-order valence-corrected chi connectivity index (χ1v) is 9.80. The molecule has 0 unspecified atom stereocenters. The first-order chi connectivity index (χ1) is 14.1. The third kappa shape index (κ3) is 4.23. The summed E-state index contributed by atoms with van der Waals surface area (Å²) < 4.78 is 7.99. The molecule has 2 aromatic carbocycles. The molecule has 29 heavy (non-hydrogen) atoms. The molecule has 150 valence electrons. The lowest BCUT2D eigenvalue weighted by molar-refractivity contribution is -0.123. The molecule has 1 amide bonds. The number of carbonyl (C=O) groups excluding carboxylic acids is 1. The number of methoxy groups -OCH3 is 1. The number of amides is 1. The Morgan fingerprint density at radius 3 is 2.48 bits per heavy atom. The van der Waals surface area contributed by atoms with E-state index in [0.717, 1.165) is 24.8 Å². The number of aromatic nitrogens is 3. The summed E-state index contributed by atoms with van der Waals surface area (Å²) in [5.74, 6) is 1.10. The molecule has 0 radical (unpaired) electrons. The van der Waals surface area contributed by atoms with Gasteiger partial charge in [-0.25, -0.2) is 4.79 Å². The van der Waals surface area contributed by atoms with Gasteiger partial charge in [0, 0.05) is 12.5 Å². The molecule has 1 N–H and O–H groups in total. The fraction of sp³-hybridized carbons (Fsp3) is 0.318. The number of benzene rings is 2. The molecule has 0 saturated heterocycles. The topological polar surface area (TPSA) is 78.2 Å². The van der Waals surface area contributed by atoms with Crippen molar-refractivity contribution in [1.82, 2.24) is 19.7 Å². The molecule has 0 atom stereocenters. The van der Waals surface area contributed by atoms with Crippen LogP contribution in [0.15, 0.2) is 59.4 Å². The molecule has 1 heterocycles. The number of ether oxygens (including phenoxy) is 1. The van der Waals surface area contributed by atoms with Crippen molar-refractivity contribution in [2.24, 2.45) is 0 Å². The normalized spacial score (nSPS) is 13.7. The summed E-state index contributed by atoms with van der Waals surface area (Å²) in [5.41, 5.74) is 1.33. The molecule has 7 nitrogen and oxygen atoms in total. The lowest BCUT2D eigenvalue weighted by Crippen LogP contribution is -2.42. The predicted octanol–water partition coefficient (Wildman–Crippen LogP) is 2.30. The van der Waals surface area contributed by atoms with Gasteiger partial charge in [0.25, 0.3) is 0 Å². The van der Waals surface area contributed by atoms with E-state index in [0.29, 0.717) is 23.7 Å². The van der Waals surface area contributed by atoms with E-state index in [1.165, 1.54) is 9.25 Å². The molecule has 0 spiro atoms. The van der Waals surface area contributed by atoms with Gasteiger partial charge in [0.1, 0.15) is 18.1 Å². The monoisotopic (exact) mass is 392 g/mol. The van der Waals surface area contributed by atoms with Gasteiger partial charge in [-0.2, -0.15) is 4.68 Å². The second-order valence-electron chi connectivity index (χ2n) is 7.25. The van der Waals surface area contributed by atoms with E-state index in [1.54, 1.807) is 31.4 Å². The zero-order chi connectivity index (χ0) is 20.2. The minimum absolute atomic E-state index is 0.0341. The largest absolute Gasteiger partial charge is 0.497 e. The number of carbonyl (C=O) groups is 1. The third-order valence-corrected chi connectivity index (χ3v) is 5.23. The van der Waals surface area contributed by atoms with Crippen LogP contribution in [0.5, 0.6) is 5.75 Å². The Labute approximate surface area is 168 Å². The van der Waals surface area contributed by atoms with Crippen molar-refractivity contribution in [3.63, 3.8) is 0 Å². The average Bonchev–Trinajstić information content (AvgIpc) is 3.01. The first kappa shape index (κ1) is 19.0. The standard InChI is InChI=1S/C22H24N4O3/c1-29-19-12-10-18(11-13-19)26-22(28)25(15-21(27)23-17-8-5-9-17)20(24-26)14-16-6-3-2-4-7-16/h2-4,6-7,10-13,17H,5,8-9,14-15H2,1H3,(H,23,27). The lowest BCUT2D eigenvalue weighted by atomic mass is 9.93. The Kier molecular flexibility index (Phi) is 5.46. The van der Waals surface area contributed by atoms with Crippen LogP contribution < -0.4 is 15.7 Å². The van der Waals surface area contributed by atoms with E-state index in [9.17, 15) is 9.59 Å². The van der Waals surface area contributed by atoms with Gasteiger partial charge >= 0.3 is 5.69 Å². The van der Waals surface area contributed by atoms with Crippen molar-refractivity contribution in [3.8, 4) is 11.4 Å². The quantitative estimate of drug-likeness (QED) is 0.669. The highest BCUT2D eigenvalue weighted by atomic mass is 16.5. The second kappa shape index (κ2) is 8.34. The zero-order valence-electron chi connectivity index (χ0n) is 16.4. The van der Waals surface area contributed by atoms with Crippen LogP contribution in [0, 0.1) is 0 Å². The molecule has 1 aliphatic rings. The predicted molar refractivity (Wildman–Crippen MR) is 109 cm³/mol. The Morgan fingerprint density at radius 2 is 1.86 bits per heavy atom. The highest BCUT2D eigenvalue weighted by molar-refractivity contribution is 5.76. The summed E-state index contributed by atoms with van der Waals surface area (Å²) in [6.07, 6.45) is 3.61. The van der Waals surface area contributed by atoms with Crippen LogP contribution >= 0.6 is 0 Å². The Bertz CT molecular complexity index is 1030. The smallest absolute Gasteiger partial charge is 0.351 e. The van der Waals surface area contributed by atoms with Crippen LogP contribution in [-0.2, 0) is 17.8 Å². The van der Waals surface area contributed by atoms with E-state index >= 15 is 0 Å². The van der Waals surface area contributed by atoms with E-state index in [4.69, 9.17) is 4.74 Å². The highest BCUT2D eigenvalue weighted by Crippen LogP contribution is 2.18. The maximum Gasteiger partial charge on any atom is 0.351 e. The van der Waals surface area contributed by atoms with Crippen molar-refractivity contribution in [2.45, 2.75) is 38.3 Å². The molecule has 1 fully saturated rings. The van der Waals surface area contributed by atoms with Gasteiger partial charge < -0.3 is 10.1 Å². The highest BCUT2D eigenvalue weighted by Gasteiger charge is 2.22. The molecule has 4 rings (SSSR count). The molecular formula is C22H24N4O3. The van der Waals surface area contributed by atoms with Crippen molar-refractivity contribution >= 4 is 5.91 Å². The van der Waals surface area contributed by atoms with Crippen molar-refractivity contribution in [3.05, 3.63) is 76.5 Å². The van der Waals surface area contributed by atoms with E-state index in [2.05, 4.69) is 10.4 Å². The maximum atomic E-state index is 13.1. The molecule has 1 saturated carbocycles. The van der Waals surface area contributed by atoms with E-state index in [-0.39, 0.29) is 24.2 Å².